The first-order chi connectivity index (χ1) is 12.4. The summed E-state index contributed by atoms with van der Waals surface area (Å²) < 4.78 is 5.64. The molecule has 0 unspecified atom stereocenters. The molecule has 0 radical (unpaired) electrons. The van der Waals surface area contributed by atoms with Gasteiger partial charge in [0.1, 0.15) is 0 Å². The summed E-state index contributed by atoms with van der Waals surface area (Å²) in [6.45, 7) is -0.453. The van der Waals surface area contributed by atoms with Crippen LogP contribution >= 0.6 is 27.5 Å². The molecule has 0 bridgehead atoms. The van der Waals surface area contributed by atoms with Gasteiger partial charge in [-0.3, -0.25) is 14.4 Å². The highest BCUT2D eigenvalue weighted by Crippen LogP contribution is 2.25. The number of ether oxygens (including phenoxy) is 1. The molecule has 0 aliphatic carbocycles. The summed E-state index contributed by atoms with van der Waals surface area (Å²) in [6, 6.07) is 13.9. The predicted molar refractivity (Wildman–Crippen MR) is 103 cm³/mol. The minimum atomic E-state index is -0.634. The molecule has 2 aromatic rings. The van der Waals surface area contributed by atoms with E-state index in [9.17, 15) is 14.4 Å². The molecule has 2 amide bonds. The summed E-state index contributed by atoms with van der Waals surface area (Å²) in [5.74, 6) is -1.46. The van der Waals surface area contributed by atoms with Gasteiger partial charge in [-0.25, -0.2) is 0 Å². The summed E-state index contributed by atoms with van der Waals surface area (Å²) in [7, 11) is 0. The summed E-state index contributed by atoms with van der Waals surface area (Å²) in [5, 5.41) is 5.56. The maximum Gasteiger partial charge on any atom is 0.306 e. The summed E-state index contributed by atoms with van der Waals surface area (Å²) in [6.07, 6.45) is -0.154. The Morgan fingerprint density at radius 3 is 2.38 bits per heavy atom. The topological polar surface area (TPSA) is 84.5 Å². The Kier molecular flexibility index (Phi) is 7.62. The van der Waals surface area contributed by atoms with Crippen molar-refractivity contribution in [2.75, 3.05) is 17.2 Å². The van der Waals surface area contributed by atoms with Crippen molar-refractivity contribution in [1.82, 2.24) is 0 Å². The molecule has 6 nitrogen and oxygen atoms in total. The summed E-state index contributed by atoms with van der Waals surface area (Å²) in [5.41, 5.74) is 1.06. The van der Waals surface area contributed by atoms with Crippen LogP contribution in [-0.2, 0) is 19.1 Å². The first-order valence-electron chi connectivity index (χ1n) is 7.69. The highest BCUT2D eigenvalue weighted by molar-refractivity contribution is 9.10. The molecule has 0 fully saturated rings. The van der Waals surface area contributed by atoms with Crippen LogP contribution in [0.2, 0.25) is 5.02 Å². The van der Waals surface area contributed by atoms with Gasteiger partial charge in [0.05, 0.1) is 17.1 Å². The molecule has 136 valence electrons. The standard InChI is InChI=1S/C18H16BrClN2O4/c19-12-6-7-15(14(20)10-12)22-17(24)11-26-18(25)9-8-16(23)21-13-4-2-1-3-5-13/h1-7,10H,8-9,11H2,(H,21,23)(H,22,24). The number of benzene rings is 2. The Morgan fingerprint density at radius 1 is 0.962 bits per heavy atom. The van der Waals surface area contributed by atoms with Crippen LogP contribution in [-0.4, -0.2) is 24.4 Å². The van der Waals surface area contributed by atoms with Crippen molar-refractivity contribution >= 4 is 56.7 Å². The van der Waals surface area contributed by atoms with Crippen molar-refractivity contribution in [1.29, 1.82) is 0 Å². The highest BCUT2D eigenvalue weighted by atomic mass is 79.9. The Labute approximate surface area is 164 Å². The molecule has 2 rings (SSSR count). The van der Waals surface area contributed by atoms with E-state index in [0.717, 1.165) is 4.47 Å². The minimum absolute atomic E-state index is 0.0338. The van der Waals surface area contributed by atoms with E-state index in [1.54, 1.807) is 42.5 Å². The summed E-state index contributed by atoms with van der Waals surface area (Å²) in [4.78, 5) is 35.2. The SMILES string of the molecule is O=C(CCC(=O)OCC(=O)Nc1ccc(Br)cc1Cl)Nc1ccccc1. The fourth-order valence-electron chi connectivity index (χ4n) is 1.96. The number of para-hydroxylation sites is 1. The van der Waals surface area contributed by atoms with Crippen molar-refractivity contribution in [3.05, 3.63) is 58.0 Å². The molecule has 0 saturated carbocycles. The number of rotatable bonds is 7. The molecule has 0 saturated heterocycles. The lowest BCUT2D eigenvalue weighted by Crippen LogP contribution is -2.22. The first kappa shape index (κ1) is 19.9. The molecular weight excluding hydrogens is 424 g/mol. The lowest BCUT2D eigenvalue weighted by atomic mass is 10.2. The lowest BCUT2D eigenvalue weighted by Gasteiger charge is -2.08. The number of halogens is 2. The molecule has 8 heteroatoms. The first-order valence-corrected chi connectivity index (χ1v) is 8.86. The second kappa shape index (κ2) is 9.94. The van der Waals surface area contributed by atoms with Gasteiger partial charge in [-0.2, -0.15) is 0 Å². The molecule has 0 spiro atoms. The second-order valence-electron chi connectivity index (χ2n) is 5.25. The van der Waals surface area contributed by atoms with Crippen molar-refractivity contribution in [2.24, 2.45) is 0 Å². The molecule has 2 aromatic carbocycles. The number of anilines is 2. The van der Waals surface area contributed by atoms with Crippen LogP contribution in [0.5, 0.6) is 0 Å². The van der Waals surface area contributed by atoms with Gasteiger partial charge in [-0.05, 0) is 30.3 Å². The van der Waals surface area contributed by atoms with Crippen LogP contribution in [0.25, 0.3) is 0 Å². The van der Waals surface area contributed by atoms with Crippen molar-refractivity contribution < 1.29 is 19.1 Å². The number of hydrogen-bond donors (Lipinski definition) is 2. The molecule has 2 N–H and O–H groups in total. The van der Waals surface area contributed by atoms with Gasteiger partial charge in [-0.15, -0.1) is 0 Å². The van der Waals surface area contributed by atoms with E-state index in [4.69, 9.17) is 16.3 Å². The molecule has 0 atom stereocenters. The van der Waals surface area contributed by atoms with Gasteiger partial charge in [0, 0.05) is 16.6 Å². The maximum absolute atomic E-state index is 11.8. The number of carbonyl (C=O) groups excluding carboxylic acids is 3. The monoisotopic (exact) mass is 438 g/mol. The van der Waals surface area contributed by atoms with Crippen molar-refractivity contribution in [3.8, 4) is 0 Å². The van der Waals surface area contributed by atoms with Gasteiger partial charge < -0.3 is 15.4 Å². The van der Waals surface area contributed by atoms with Gasteiger partial charge >= 0.3 is 5.97 Å². The third-order valence-electron chi connectivity index (χ3n) is 3.18. The van der Waals surface area contributed by atoms with E-state index in [-0.39, 0.29) is 18.7 Å². The average molecular weight is 440 g/mol. The third-order valence-corrected chi connectivity index (χ3v) is 3.99. The van der Waals surface area contributed by atoms with Gasteiger partial charge in [0.15, 0.2) is 6.61 Å². The number of amides is 2. The van der Waals surface area contributed by atoms with E-state index < -0.39 is 18.5 Å². The highest BCUT2D eigenvalue weighted by Gasteiger charge is 2.12. The zero-order valence-corrected chi connectivity index (χ0v) is 16.0. The van der Waals surface area contributed by atoms with Gasteiger partial charge in [-0.1, -0.05) is 45.7 Å². The molecular formula is C18H16BrClN2O4. The zero-order chi connectivity index (χ0) is 18.9. The lowest BCUT2D eigenvalue weighted by molar-refractivity contribution is -0.147. The molecule has 0 aromatic heterocycles. The zero-order valence-electron chi connectivity index (χ0n) is 13.6. The van der Waals surface area contributed by atoms with Gasteiger partial charge in [0.25, 0.3) is 5.91 Å². The van der Waals surface area contributed by atoms with E-state index in [1.807, 2.05) is 6.07 Å². The quantitative estimate of drug-likeness (QED) is 0.639. The van der Waals surface area contributed by atoms with Crippen LogP contribution in [0.3, 0.4) is 0 Å². The Bertz CT molecular complexity index is 799. The number of nitrogens with one attached hydrogen (secondary N) is 2. The molecule has 0 heterocycles. The summed E-state index contributed by atoms with van der Waals surface area (Å²) >= 11 is 9.25. The molecule has 0 aliphatic heterocycles. The van der Waals surface area contributed by atoms with Crippen LogP contribution in [0, 0.1) is 0 Å². The van der Waals surface area contributed by atoms with Crippen molar-refractivity contribution in [3.63, 3.8) is 0 Å². The number of hydrogen-bond acceptors (Lipinski definition) is 4. The normalized spacial score (nSPS) is 10.1. The second-order valence-corrected chi connectivity index (χ2v) is 6.57. The van der Waals surface area contributed by atoms with Crippen LogP contribution in [0.4, 0.5) is 11.4 Å². The Balaban J connectivity index is 1.69. The number of esters is 1. The molecule has 0 aliphatic rings. The smallest absolute Gasteiger partial charge is 0.306 e. The molecule has 26 heavy (non-hydrogen) atoms. The predicted octanol–water partition coefficient (Wildman–Crippen LogP) is 4.00. The average Bonchev–Trinajstić information content (AvgIpc) is 2.61. The fourth-order valence-corrected chi connectivity index (χ4v) is 2.68. The van der Waals surface area contributed by atoms with Crippen LogP contribution < -0.4 is 10.6 Å². The Hall–Kier alpha value is -2.38. The maximum atomic E-state index is 11.8. The fraction of sp³-hybridized carbons (Fsp3) is 0.167. The number of carbonyl (C=O) groups is 3. The van der Waals surface area contributed by atoms with Gasteiger partial charge in [0.2, 0.25) is 5.91 Å². The van der Waals surface area contributed by atoms with Crippen molar-refractivity contribution in [2.45, 2.75) is 12.8 Å². The third kappa shape index (κ3) is 6.85. The minimum Gasteiger partial charge on any atom is -0.456 e. The largest absolute Gasteiger partial charge is 0.456 e. The van der Waals surface area contributed by atoms with Crippen LogP contribution in [0.15, 0.2) is 53.0 Å². The van der Waals surface area contributed by atoms with E-state index in [2.05, 4.69) is 26.6 Å². The van der Waals surface area contributed by atoms with E-state index in [0.29, 0.717) is 16.4 Å². The van der Waals surface area contributed by atoms with E-state index in [1.165, 1.54) is 0 Å². The van der Waals surface area contributed by atoms with E-state index >= 15 is 0 Å². The van der Waals surface area contributed by atoms with Crippen LogP contribution in [0.1, 0.15) is 12.8 Å². The Morgan fingerprint density at radius 2 is 1.69 bits per heavy atom.